The van der Waals surface area contributed by atoms with Crippen LogP contribution in [0.15, 0.2) is 24.3 Å². The summed E-state index contributed by atoms with van der Waals surface area (Å²) in [5.41, 5.74) is 2.86. The molecule has 0 heteroatoms. The van der Waals surface area contributed by atoms with Crippen molar-refractivity contribution in [1.82, 2.24) is 0 Å². The molecule has 0 aromatic heterocycles. The Kier molecular flexibility index (Phi) is 1.09. The molecular weight excluding hydrogens is 144 g/mol. The number of allylic oxidation sites excluding steroid dienone is 1. The molecule has 12 heavy (non-hydrogen) atoms. The molecule has 1 aromatic rings. The lowest BCUT2D eigenvalue weighted by Crippen LogP contribution is -2.29. The Morgan fingerprint density at radius 2 is 2.08 bits per heavy atom. The summed E-state index contributed by atoms with van der Waals surface area (Å²) in [6.07, 6.45) is 9.99. The van der Waals surface area contributed by atoms with Crippen LogP contribution in [0.4, 0.5) is 0 Å². The van der Waals surface area contributed by atoms with Crippen LogP contribution in [0, 0.1) is 6.42 Å². The third kappa shape index (κ3) is 0.672. The number of hydrogen-bond acceptors (Lipinski definition) is 0. The smallest absolute Gasteiger partial charge is 0.00822 e. The topological polar surface area (TPSA) is 0 Å². The summed E-state index contributed by atoms with van der Waals surface area (Å²) in [6.45, 7) is 0. The summed E-state index contributed by atoms with van der Waals surface area (Å²) in [4.78, 5) is 0. The van der Waals surface area contributed by atoms with E-state index in [2.05, 4.69) is 42.8 Å². The Labute approximate surface area is 71.5 Å². The first-order valence-electron chi connectivity index (χ1n) is 4.29. The van der Waals surface area contributed by atoms with Gasteiger partial charge in [0.2, 0.25) is 0 Å². The van der Waals surface area contributed by atoms with Crippen LogP contribution in [-0.4, -0.2) is 0 Å². The van der Waals surface area contributed by atoms with Crippen LogP contribution in [0.1, 0.15) is 12.0 Å². The lowest BCUT2D eigenvalue weighted by atomic mass is 10.0. The summed E-state index contributed by atoms with van der Waals surface area (Å²) in [5.74, 6) is 0. The molecule has 0 saturated heterocycles. The molecule has 2 aliphatic rings. The quantitative estimate of drug-likeness (QED) is 0.526. The monoisotopic (exact) mass is 153 g/mol. The van der Waals surface area contributed by atoms with E-state index in [1.807, 2.05) is 0 Å². The van der Waals surface area contributed by atoms with Gasteiger partial charge in [0, 0.05) is 0 Å². The van der Waals surface area contributed by atoms with Crippen molar-refractivity contribution >= 4 is 17.7 Å². The van der Waals surface area contributed by atoms with E-state index in [1.165, 1.54) is 21.6 Å². The van der Waals surface area contributed by atoms with E-state index in [9.17, 15) is 0 Å². The third-order valence-corrected chi connectivity index (χ3v) is 2.55. The molecule has 3 rings (SSSR count). The van der Waals surface area contributed by atoms with Gasteiger partial charge in [-0.15, -0.1) is 0 Å². The fraction of sp³-hybridized carbons (Fsp3) is 0.0833. The predicted molar refractivity (Wildman–Crippen MR) is 51.5 cm³/mol. The zero-order valence-electron chi connectivity index (χ0n) is 6.75. The Morgan fingerprint density at radius 1 is 1.08 bits per heavy atom. The van der Waals surface area contributed by atoms with E-state index in [0.717, 1.165) is 6.42 Å². The highest BCUT2D eigenvalue weighted by atomic mass is 14.1. The fourth-order valence-corrected chi connectivity index (χ4v) is 1.99. The number of rotatable bonds is 0. The van der Waals surface area contributed by atoms with Gasteiger partial charge in [0.25, 0.3) is 0 Å². The van der Waals surface area contributed by atoms with E-state index in [-0.39, 0.29) is 0 Å². The fourth-order valence-electron chi connectivity index (χ4n) is 1.99. The average Bonchev–Trinajstić information content (AvgIpc) is 2.52. The van der Waals surface area contributed by atoms with Gasteiger partial charge in [-0.05, 0) is 34.4 Å². The van der Waals surface area contributed by atoms with Crippen LogP contribution in [0.25, 0.3) is 17.7 Å². The van der Waals surface area contributed by atoms with Crippen molar-refractivity contribution in [2.24, 2.45) is 0 Å². The number of benzene rings is 1. The van der Waals surface area contributed by atoms with Crippen molar-refractivity contribution < 1.29 is 0 Å². The second kappa shape index (κ2) is 2.10. The van der Waals surface area contributed by atoms with Gasteiger partial charge in [0.1, 0.15) is 0 Å². The molecule has 57 valence electrons. The highest BCUT2D eigenvalue weighted by molar-refractivity contribution is 5.78. The van der Waals surface area contributed by atoms with Crippen LogP contribution in [0.3, 0.4) is 0 Å². The molecule has 0 amide bonds. The largest absolute Gasteiger partial charge is 0.0726 e. The minimum Gasteiger partial charge on any atom is -0.0726 e. The van der Waals surface area contributed by atoms with Gasteiger partial charge >= 0.3 is 0 Å². The first kappa shape index (κ1) is 6.24. The Balaban J connectivity index is 2.61. The highest BCUT2D eigenvalue weighted by Gasteiger charge is 2.08. The van der Waals surface area contributed by atoms with Crippen molar-refractivity contribution in [1.29, 1.82) is 0 Å². The number of hydrogen-bond donors (Lipinski definition) is 0. The molecule has 0 spiro atoms. The highest BCUT2D eigenvalue weighted by Crippen LogP contribution is 2.15. The van der Waals surface area contributed by atoms with Crippen LogP contribution < -0.4 is 10.4 Å². The summed E-state index contributed by atoms with van der Waals surface area (Å²) >= 11 is 0. The minimum atomic E-state index is 1.10. The van der Waals surface area contributed by atoms with E-state index in [4.69, 9.17) is 0 Å². The van der Waals surface area contributed by atoms with Gasteiger partial charge in [-0.3, -0.25) is 0 Å². The molecule has 0 aliphatic heterocycles. The molecule has 2 aliphatic carbocycles. The Morgan fingerprint density at radius 3 is 3.08 bits per heavy atom. The predicted octanol–water partition coefficient (Wildman–Crippen LogP) is 1.25. The third-order valence-electron chi connectivity index (χ3n) is 2.55. The lowest BCUT2D eigenvalue weighted by Gasteiger charge is -2.03. The van der Waals surface area contributed by atoms with E-state index < -0.39 is 0 Å². The summed E-state index contributed by atoms with van der Waals surface area (Å²) < 4.78 is 0. The van der Waals surface area contributed by atoms with Crippen LogP contribution in [0.2, 0.25) is 0 Å². The van der Waals surface area contributed by atoms with E-state index in [0.29, 0.717) is 0 Å². The summed E-state index contributed by atoms with van der Waals surface area (Å²) in [5, 5.41) is 2.83. The molecule has 0 fully saturated rings. The van der Waals surface area contributed by atoms with Gasteiger partial charge in [-0.2, -0.15) is 0 Å². The summed E-state index contributed by atoms with van der Waals surface area (Å²) in [6, 6.07) is 6.49. The second-order valence-electron chi connectivity index (χ2n) is 3.28. The molecule has 1 radical (unpaired) electrons. The maximum Gasteiger partial charge on any atom is -0.00822 e. The van der Waals surface area contributed by atoms with Gasteiger partial charge in [-0.1, -0.05) is 36.4 Å². The first-order valence-corrected chi connectivity index (χ1v) is 4.29. The van der Waals surface area contributed by atoms with Crippen LogP contribution in [-0.2, 0) is 0 Å². The van der Waals surface area contributed by atoms with Crippen molar-refractivity contribution in [3.63, 3.8) is 0 Å². The molecule has 0 N–H and O–H groups in total. The molecule has 0 nitrogen and oxygen atoms in total. The zero-order valence-corrected chi connectivity index (χ0v) is 6.75. The standard InChI is InChI=1S/C12H9/c1-3-9-4-2-6-11-8-7-10(5-1)12(9)11/h1-5,7-8H,6H2. The van der Waals surface area contributed by atoms with E-state index in [1.54, 1.807) is 0 Å². The van der Waals surface area contributed by atoms with Crippen LogP contribution in [0.5, 0.6) is 0 Å². The molecule has 0 atom stereocenters. The zero-order chi connectivity index (χ0) is 7.97. The average molecular weight is 153 g/mol. The Hall–Kier alpha value is -1.30. The maximum atomic E-state index is 2.23. The van der Waals surface area contributed by atoms with E-state index >= 15 is 0 Å². The normalized spacial score (nSPS) is 17.5. The van der Waals surface area contributed by atoms with Crippen molar-refractivity contribution in [2.45, 2.75) is 6.42 Å². The van der Waals surface area contributed by atoms with Crippen molar-refractivity contribution in [3.05, 3.63) is 46.7 Å². The van der Waals surface area contributed by atoms with Gasteiger partial charge in [-0.25, -0.2) is 0 Å². The van der Waals surface area contributed by atoms with Gasteiger partial charge < -0.3 is 0 Å². The van der Waals surface area contributed by atoms with Gasteiger partial charge in [0.15, 0.2) is 0 Å². The molecule has 0 saturated carbocycles. The van der Waals surface area contributed by atoms with Gasteiger partial charge in [0.05, 0.1) is 0 Å². The molecular formula is C12H9. The van der Waals surface area contributed by atoms with Crippen molar-refractivity contribution in [2.75, 3.05) is 0 Å². The molecule has 0 unspecified atom stereocenters. The molecule has 0 bridgehead atoms. The molecule has 1 aromatic carbocycles. The Bertz CT molecular complexity index is 475. The second-order valence-corrected chi connectivity index (χ2v) is 3.28. The maximum absolute atomic E-state index is 2.23. The lowest BCUT2D eigenvalue weighted by molar-refractivity contribution is 1.29. The first-order chi connectivity index (χ1) is 5.95. The SMILES string of the molecule is [CH]1C=c2cccc3c2=C(C=C3)C1. The van der Waals surface area contributed by atoms with Crippen LogP contribution >= 0.6 is 0 Å². The summed E-state index contributed by atoms with van der Waals surface area (Å²) in [7, 11) is 0. The van der Waals surface area contributed by atoms with Crippen molar-refractivity contribution in [3.8, 4) is 0 Å². The molecule has 0 heterocycles. The minimum absolute atomic E-state index is 1.10.